The average Bonchev–Trinajstić information content (AvgIpc) is 3.20. The fourth-order valence-corrected chi connectivity index (χ4v) is 5.98. The van der Waals surface area contributed by atoms with Crippen LogP contribution in [0.4, 0.5) is 0 Å². The van der Waals surface area contributed by atoms with E-state index < -0.39 is 58.7 Å². The monoisotopic (exact) mass is 582 g/mol. The van der Waals surface area contributed by atoms with Gasteiger partial charge in [-0.3, -0.25) is 34.1 Å². The predicted octanol–water partition coefficient (Wildman–Crippen LogP) is 3.01. The first-order valence-corrected chi connectivity index (χ1v) is 14.5. The maximum Gasteiger partial charge on any atom is 0.261 e. The molecule has 0 fully saturated rings. The van der Waals surface area contributed by atoms with Gasteiger partial charge in [-0.15, -0.1) is 11.8 Å². The number of nitrogens with one attached hydrogen (secondary N) is 3. The van der Waals surface area contributed by atoms with Crippen LogP contribution in [0.5, 0.6) is 0 Å². The van der Waals surface area contributed by atoms with E-state index in [1.165, 1.54) is 30.9 Å². The number of fused-ring (bicyclic) bond motifs is 1. The lowest BCUT2D eigenvalue weighted by molar-refractivity contribution is -0.142. The van der Waals surface area contributed by atoms with Crippen molar-refractivity contribution >= 4 is 41.3 Å². The third-order valence-corrected chi connectivity index (χ3v) is 8.65. The molecule has 0 spiro atoms. The van der Waals surface area contributed by atoms with Crippen molar-refractivity contribution in [3.8, 4) is 0 Å². The van der Waals surface area contributed by atoms with Crippen molar-refractivity contribution in [2.75, 3.05) is 13.6 Å². The molecule has 11 heteroatoms. The standard InChI is InChI=1S/C30H38N4O6S/c1-18(2)15-22(23(26(36)33-40)16-34-28(38)20-13-9-10-14-21(20)29(34)39)25(35)32-24(27(37)31-5)30(3,4)41-17-19-11-7-6-8-12-19/h6-14,18,22-24,40H,15-17H2,1-5H3,(H,31,37)(H,32,35)(H,33,36). The zero-order valence-corrected chi connectivity index (χ0v) is 24.8. The minimum Gasteiger partial charge on any atom is -0.357 e. The van der Waals surface area contributed by atoms with E-state index in [1.54, 1.807) is 17.6 Å². The van der Waals surface area contributed by atoms with Crippen molar-refractivity contribution in [3.05, 3.63) is 71.3 Å². The Bertz CT molecular complexity index is 1250. The average molecular weight is 583 g/mol. The maximum atomic E-state index is 13.9. The second kappa shape index (κ2) is 13.8. The van der Waals surface area contributed by atoms with Crippen LogP contribution in [0.1, 0.15) is 60.4 Å². The molecule has 0 aromatic heterocycles. The predicted molar refractivity (Wildman–Crippen MR) is 156 cm³/mol. The minimum absolute atomic E-state index is 0.0687. The van der Waals surface area contributed by atoms with Gasteiger partial charge in [0, 0.05) is 24.1 Å². The van der Waals surface area contributed by atoms with Crippen LogP contribution in [0.3, 0.4) is 0 Å². The van der Waals surface area contributed by atoms with E-state index >= 15 is 0 Å². The van der Waals surface area contributed by atoms with Crippen LogP contribution in [0, 0.1) is 17.8 Å². The lowest BCUT2D eigenvalue weighted by Crippen LogP contribution is -2.58. The second-order valence-electron chi connectivity index (χ2n) is 11.0. The Kier molecular flexibility index (Phi) is 10.7. The number of hydroxylamine groups is 1. The van der Waals surface area contributed by atoms with E-state index in [-0.39, 0.29) is 23.5 Å². The molecule has 10 nitrogen and oxygen atoms in total. The molecular weight excluding hydrogens is 544 g/mol. The third kappa shape index (κ3) is 7.53. The summed E-state index contributed by atoms with van der Waals surface area (Å²) in [6.07, 6.45) is 0.200. The van der Waals surface area contributed by atoms with Crippen LogP contribution in [0.15, 0.2) is 54.6 Å². The van der Waals surface area contributed by atoms with Gasteiger partial charge in [0.15, 0.2) is 0 Å². The van der Waals surface area contributed by atoms with Crippen LogP contribution < -0.4 is 16.1 Å². The number of rotatable bonds is 13. The van der Waals surface area contributed by atoms with Crippen LogP contribution in [-0.2, 0) is 20.1 Å². The summed E-state index contributed by atoms with van der Waals surface area (Å²) in [5.41, 5.74) is 3.08. The Morgan fingerprint density at radius 3 is 1.95 bits per heavy atom. The highest BCUT2D eigenvalue weighted by Gasteiger charge is 2.44. The molecule has 1 aliphatic heterocycles. The Balaban J connectivity index is 1.89. The Morgan fingerprint density at radius 1 is 0.878 bits per heavy atom. The lowest BCUT2D eigenvalue weighted by Gasteiger charge is -2.35. The van der Waals surface area contributed by atoms with Crippen LogP contribution in [0.2, 0.25) is 0 Å². The molecule has 0 bridgehead atoms. The lowest BCUT2D eigenvalue weighted by atomic mass is 9.83. The summed E-state index contributed by atoms with van der Waals surface area (Å²) in [4.78, 5) is 66.9. The zero-order chi connectivity index (χ0) is 30.3. The number of hydrogen-bond acceptors (Lipinski definition) is 7. The van der Waals surface area contributed by atoms with E-state index in [0.29, 0.717) is 5.75 Å². The number of hydrogen-bond donors (Lipinski definition) is 4. The molecule has 0 aliphatic carbocycles. The molecule has 1 heterocycles. The fraction of sp³-hybridized carbons (Fsp3) is 0.433. The Hall–Kier alpha value is -3.70. The molecule has 5 amide bonds. The van der Waals surface area contributed by atoms with E-state index in [1.807, 2.05) is 58.0 Å². The summed E-state index contributed by atoms with van der Waals surface area (Å²) in [6.45, 7) is 7.03. The smallest absolute Gasteiger partial charge is 0.261 e. The van der Waals surface area contributed by atoms with Crippen LogP contribution in [0.25, 0.3) is 0 Å². The van der Waals surface area contributed by atoms with Crippen LogP contribution in [-0.4, -0.2) is 64.0 Å². The molecule has 3 rings (SSSR count). The number of benzene rings is 2. The SMILES string of the molecule is CNC(=O)C(NC(=O)C(CC(C)C)C(CN1C(=O)c2ccccc2C1=O)C(=O)NO)C(C)(C)SCc1ccccc1. The van der Waals surface area contributed by atoms with Crippen molar-refractivity contribution in [1.82, 2.24) is 21.0 Å². The molecule has 3 unspecified atom stereocenters. The van der Waals surface area contributed by atoms with E-state index in [0.717, 1.165) is 10.5 Å². The highest BCUT2D eigenvalue weighted by molar-refractivity contribution is 7.99. The number of amides is 5. The third-order valence-electron chi connectivity index (χ3n) is 7.20. The summed E-state index contributed by atoms with van der Waals surface area (Å²) in [6, 6.07) is 15.1. The van der Waals surface area contributed by atoms with Crippen LogP contribution >= 0.6 is 11.8 Å². The summed E-state index contributed by atoms with van der Waals surface area (Å²) >= 11 is 1.50. The number of likely N-dealkylation sites (N-methyl/N-ethyl adjacent to an activating group) is 1. The van der Waals surface area contributed by atoms with Gasteiger partial charge in [0.25, 0.3) is 11.8 Å². The molecule has 0 saturated heterocycles. The molecule has 2 aromatic carbocycles. The van der Waals surface area contributed by atoms with Crippen molar-refractivity contribution in [2.24, 2.45) is 17.8 Å². The quantitative estimate of drug-likeness (QED) is 0.161. The minimum atomic E-state index is -1.27. The van der Waals surface area contributed by atoms with E-state index in [2.05, 4.69) is 10.6 Å². The number of carbonyl (C=O) groups is 5. The highest BCUT2D eigenvalue weighted by Crippen LogP contribution is 2.33. The van der Waals surface area contributed by atoms with Gasteiger partial charge >= 0.3 is 0 Å². The van der Waals surface area contributed by atoms with Gasteiger partial charge in [0.2, 0.25) is 17.7 Å². The van der Waals surface area contributed by atoms with Gasteiger partial charge < -0.3 is 10.6 Å². The maximum absolute atomic E-state index is 13.9. The van der Waals surface area contributed by atoms with Gasteiger partial charge in [-0.25, -0.2) is 5.48 Å². The Morgan fingerprint density at radius 2 is 1.44 bits per heavy atom. The summed E-state index contributed by atoms with van der Waals surface area (Å²) in [5.74, 6) is -4.86. The first-order chi connectivity index (χ1) is 19.4. The summed E-state index contributed by atoms with van der Waals surface area (Å²) in [7, 11) is 1.48. The molecule has 3 atom stereocenters. The molecule has 4 N–H and O–H groups in total. The van der Waals surface area contributed by atoms with Gasteiger partial charge in [0.1, 0.15) is 6.04 Å². The van der Waals surface area contributed by atoms with Crippen molar-refractivity contribution in [3.63, 3.8) is 0 Å². The number of carbonyl (C=O) groups excluding carboxylic acids is 5. The summed E-state index contributed by atoms with van der Waals surface area (Å²) < 4.78 is -0.759. The van der Waals surface area contributed by atoms with Crippen molar-refractivity contribution < 1.29 is 29.2 Å². The molecule has 220 valence electrons. The Labute approximate surface area is 244 Å². The van der Waals surface area contributed by atoms with Gasteiger partial charge in [-0.1, -0.05) is 56.3 Å². The second-order valence-corrected chi connectivity index (χ2v) is 12.6. The zero-order valence-electron chi connectivity index (χ0n) is 24.0. The number of imide groups is 1. The topological polar surface area (TPSA) is 145 Å². The molecular formula is C30H38N4O6S. The fourth-order valence-electron chi connectivity index (χ4n) is 4.91. The first kappa shape index (κ1) is 31.8. The van der Waals surface area contributed by atoms with Gasteiger partial charge in [0.05, 0.1) is 23.0 Å². The molecule has 2 aromatic rings. The number of thioether (sulfide) groups is 1. The molecule has 1 aliphatic rings. The summed E-state index contributed by atoms with van der Waals surface area (Å²) in [5, 5.41) is 15.0. The highest BCUT2D eigenvalue weighted by atomic mass is 32.2. The van der Waals surface area contributed by atoms with E-state index in [4.69, 9.17) is 0 Å². The molecule has 0 saturated carbocycles. The number of nitrogens with zero attached hydrogens (tertiary/aromatic N) is 1. The van der Waals surface area contributed by atoms with E-state index in [9.17, 15) is 29.2 Å². The van der Waals surface area contributed by atoms with Crippen molar-refractivity contribution in [2.45, 2.75) is 50.7 Å². The van der Waals surface area contributed by atoms with Gasteiger partial charge in [-0.05, 0) is 43.9 Å². The normalized spacial score (nSPS) is 15.2. The first-order valence-electron chi connectivity index (χ1n) is 13.5. The molecule has 0 radical (unpaired) electrons. The van der Waals surface area contributed by atoms with Crippen molar-refractivity contribution in [1.29, 1.82) is 0 Å². The van der Waals surface area contributed by atoms with Gasteiger partial charge in [-0.2, -0.15) is 0 Å². The largest absolute Gasteiger partial charge is 0.357 e. The molecule has 41 heavy (non-hydrogen) atoms.